The maximum atomic E-state index is 13.6. The summed E-state index contributed by atoms with van der Waals surface area (Å²) in [5.74, 6) is 1.16. The molecule has 39 heavy (non-hydrogen) atoms. The van der Waals surface area contributed by atoms with E-state index in [-0.39, 0.29) is 17.9 Å². The minimum atomic E-state index is -0.360. The van der Waals surface area contributed by atoms with Gasteiger partial charge in [-0.3, -0.25) is 4.79 Å². The first-order chi connectivity index (χ1) is 19.0. The highest BCUT2D eigenvalue weighted by Crippen LogP contribution is 2.36. The number of hydrazone groups is 1. The van der Waals surface area contributed by atoms with Crippen LogP contribution in [-0.2, 0) is 11.2 Å². The summed E-state index contributed by atoms with van der Waals surface area (Å²) in [5, 5.41) is 6.02. The number of carbonyl (C=O) groups is 1. The highest BCUT2D eigenvalue weighted by atomic mass is 16.5. The summed E-state index contributed by atoms with van der Waals surface area (Å²) >= 11 is 0. The molecule has 196 valence electrons. The lowest BCUT2D eigenvalue weighted by Gasteiger charge is -2.31. The molecule has 1 aromatic heterocycles. The Morgan fingerprint density at radius 2 is 1.79 bits per heavy atom. The standard InChI is InChI=1S/C30H28N6O3/c1-38-25-16-19(15-23-17-33-30(32)35-29(23)31)14-21(28(25)39-2)12-13-26(37)36-27(20-8-4-3-5-9-20)24-11-7-6-10-22(24)18-34-36/h3-14,16-18,27H,15H2,1-2H3,(H4,31,32,33,35)/b13-12+/t27-/m1/s1. The van der Waals surface area contributed by atoms with Gasteiger partial charge in [0.15, 0.2) is 11.5 Å². The Morgan fingerprint density at radius 1 is 1.03 bits per heavy atom. The number of hydrogen-bond acceptors (Lipinski definition) is 8. The smallest absolute Gasteiger partial charge is 0.267 e. The lowest BCUT2D eigenvalue weighted by molar-refractivity contribution is -0.127. The van der Waals surface area contributed by atoms with E-state index >= 15 is 0 Å². The predicted molar refractivity (Wildman–Crippen MR) is 151 cm³/mol. The van der Waals surface area contributed by atoms with Gasteiger partial charge >= 0.3 is 0 Å². The molecule has 1 aliphatic heterocycles. The Balaban J connectivity index is 1.49. The van der Waals surface area contributed by atoms with Gasteiger partial charge in [0.2, 0.25) is 5.95 Å². The number of aromatic nitrogens is 2. The molecule has 0 radical (unpaired) electrons. The van der Waals surface area contributed by atoms with Crippen molar-refractivity contribution in [3.05, 3.63) is 112 Å². The molecule has 0 spiro atoms. The molecule has 0 saturated carbocycles. The summed E-state index contributed by atoms with van der Waals surface area (Å²) < 4.78 is 11.2. The average molecular weight is 521 g/mol. The van der Waals surface area contributed by atoms with Crippen molar-refractivity contribution in [3.63, 3.8) is 0 Å². The maximum absolute atomic E-state index is 13.6. The Morgan fingerprint density at radius 3 is 2.54 bits per heavy atom. The lowest BCUT2D eigenvalue weighted by Crippen LogP contribution is -2.33. The van der Waals surface area contributed by atoms with Crippen LogP contribution in [0.3, 0.4) is 0 Å². The number of hydrogen-bond donors (Lipinski definition) is 2. The van der Waals surface area contributed by atoms with Gasteiger partial charge in [0.1, 0.15) is 11.9 Å². The predicted octanol–water partition coefficient (Wildman–Crippen LogP) is 4.23. The van der Waals surface area contributed by atoms with Crippen LogP contribution < -0.4 is 20.9 Å². The van der Waals surface area contributed by atoms with Crippen molar-refractivity contribution in [2.24, 2.45) is 5.10 Å². The van der Waals surface area contributed by atoms with Crippen molar-refractivity contribution in [2.75, 3.05) is 25.7 Å². The monoisotopic (exact) mass is 520 g/mol. The van der Waals surface area contributed by atoms with Crippen molar-refractivity contribution >= 4 is 30.0 Å². The number of nitrogens with two attached hydrogens (primary N) is 2. The van der Waals surface area contributed by atoms with E-state index in [0.717, 1.165) is 27.8 Å². The zero-order valence-corrected chi connectivity index (χ0v) is 21.6. The Bertz CT molecular complexity index is 1570. The van der Waals surface area contributed by atoms with Crippen LogP contribution in [0.1, 0.15) is 39.4 Å². The molecule has 1 aliphatic rings. The van der Waals surface area contributed by atoms with E-state index < -0.39 is 0 Å². The van der Waals surface area contributed by atoms with Crippen molar-refractivity contribution in [1.29, 1.82) is 0 Å². The quantitative estimate of drug-likeness (QED) is 0.349. The fraction of sp³-hybridized carbons (Fsp3) is 0.133. The van der Waals surface area contributed by atoms with Crippen LogP contribution in [0.15, 0.2) is 84.1 Å². The maximum Gasteiger partial charge on any atom is 0.267 e. The summed E-state index contributed by atoms with van der Waals surface area (Å²) in [6.07, 6.45) is 6.94. The van der Waals surface area contributed by atoms with Crippen LogP contribution in [0.2, 0.25) is 0 Å². The van der Waals surface area contributed by atoms with Crippen molar-refractivity contribution < 1.29 is 14.3 Å². The summed E-state index contributed by atoms with van der Waals surface area (Å²) in [4.78, 5) is 21.7. The largest absolute Gasteiger partial charge is 0.493 e. The summed E-state index contributed by atoms with van der Waals surface area (Å²) in [7, 11) is 3.12. The highest BCUT2D eigenvalue weighted by Gasteiger charge is 2.29. The topological polar surface area (TPSA) is 129 Å². The molecule has 1 atom stereocenters. The molecule has 0 unspecified atom stereocenters. The van der Waals surface area contributed by atoms with E-state index in [4.69, 9.17) is 20.9 Å². The van der Waals surface area contributed by atoms with Gasteiger partial charge in [0.25, 0.3) is 5.91 Å². The molecule has 5 rings (SSSR count). The Labute approximate surface area is 226 Å². The van der Waals surface area contributed by atoms with Gasteiger partial charge in [-0.2, -0.15) is 10.1 Å². The lowest BCUT2D eigenvalue weighted by atomic mass is 9.93. The molecule has 2 heterocycles. The van der Waals surface area contributed by atoms with E-state index in [2.05, 4.69) is 15.1 Å². The molecule has 4 aromatic rings. The molecular formula is C30H28N6O3. The number of carbonyl (C=O) groups excluding carboxylic acids is 1. The summed E-state index contributed by atoms with van der Waals surface area (Å²) in [6.45, 7) is 0. The summed E-state index contributed by atoms with van der Waals surface area (Å²) in [6, 6.07) is 21.2. The van der Waals surface area contributed by atoms with Gasteiger partial charge in [-0.1, -0.05) is 54.6 Å². The van der Waals surface area contributed by atoms with Crippen LogP contribution in [0.25, 0.3) is 6.08 Å². The van der Waals surface area contributed by atoms with E-state index in [9.17, 15) is 4.79 Å². The molecule has 3 aromatic carbocycles. The van der Waals surface area contributed by atoms with Crippen LogP contribution in [-0.4, -0.2) is 41.3 Å². The van der Waals surface area contributed by atoms with E-state index in [0.29, 0.717) is 29.3 Å². The van der Waals surface area contributed by atoms with Gasteiger partial charge in [-0.15, -0.1) is 0 Å². The molecule has 9 nitrogen and oxygen atoms in total. The van der Waals surface area contributed by atoms with Crippen LogP contribution in [0.5, 0.6) is 11.5 Å². The minimum absolute atomic E-state index is 0.113. The zero-order chi connectivity index (χ0) is 27.4. The molecule has 4 N–H and O–H groups in total. The molecule has 0 aliphatic carbocycles. The number of benzene rings is 3. The second-order valence-corrected chi connectivity index (χ2v) is 8.94. The van der Waals surface area contributed by atoms with E-state index in [1.165, 1.54) is 11.1 Å². The number of nitrogens with zero attached hydrogens (tertiary/aromatic N) is 4. The third-order valence-electron chi connectivity index (χ3n) is 6.48. The minimum Gasteiger partial charge on any atom is -0.493 e. The van der Waals surface area contributed by atoms with Gasteiger partial charge in [0, 0.05) is 35.4 Å². The number of nitrogen functional groups attached to an aromatic ring is 2. The molecule has 0 fully saturated rings. The number of fused-ring (bicyclic) bond motifs is 1. The first kappa shape index (κ1) is 25.5. The normalized spacial score (nSPS) is 14.3. The second-order valence-electron chi connectivity index (χ2n) is 8.94. The first-order valence-electron chi connectivity index (χ1n) is 12.3. The number of rotatable bonds is 7. The van der Waals surface area contributed by atoms with Gasteiger partial charge in [-0.05, 0) is 34.9 Å². The van der Waals surface area contributed by atoms with Crippen LogP contribution in [0.4, 0.5) is 11.8 Å². The van der Waals surface area contributed by atoms with Gasteiger partial charge in [-0.25, -0.2) is 9.99 Å². The van der Waals surface area contributed by atoms with E-state index in [1.807, 2.05) is 66.7 Å². The average Bonchev–Trinajstić information content (AvgIpc) is 2.96. The fourth-order valence-electron chi connectivity index (χ4n) is 4.65. The Hall–Kier alpha value is -5.18. The Kier molecular flexibility index (Phi) is 7.22. The molecule has 0 bridgehead atoms. The van der Waals surface area contributed by atoms with Gasteiger partial charge < -0.3 is 20.9 Å². The highest BCUT2D eigenvalue weighted by molar-refractivity contribution is 5.95. The number of methoxy groups -OCH3 is 2. The molecule has 9 heteroatoms. The number of ether oxygens (including phenoxy) is 2. The van der Waals surface area contributed by atoms with Crippen LogP contribution in [0, 0.1) is 0 Å². The van der Waals surface area contributed by atoms with Crippen LogP contribution >= 0.6 is 0 Å². The van der Waals surface area contributed by atoms with Crippen molar-refractivity contribution in [3.8, 4) is 11.5 Å². The van der Waals surface area contributed by atoms with E-state index in [1.54, 1.807) is 32.7 Å². The SMILES string of the molecule is COc1cc(Cc2cnc(N)nc2N)cc(/C=C/C(=O)N2N=Cc3ccccc3[C@H]2c2ccccc2)c1OC. The van der Waals surface area contributed by atoms with Crippen molar-refractivity contribution in [1.82, 2.24) is 15.0 Å². The third-order valence-corrected chi connectivity index (χ3v) is 6.48. The zero-order valence-electron chi connectivity index (χ0n) is 21.6. The molecule has 1 amide bonds. The number of amides is 1. The third kappa shape index (κ3) is 5.28. The summed E-state index contributed by atoms with van der Waals surface area (Å²) in [5.41, 5.74) is 16.9. The molecular weight excluding hydrogens is 492 g/mol. The molecule has 0 saturated heterocycles. The van der Waals surface area contributed by atoms with Gasteiger partial charge in [0.05, 0.1) is 20.4 Å². The first-order valence-corrected chi connectivity index (χ1v) is 12.3. The second kappa shape index (κ2) is 11.1. The number of anilines is 2. The van der Waals surface area contributed by atoms with Crippen molar-refractivity contribution in [2.45, 2.75) is 12.5 Å². The fourth-order valence-corrected chi connectivity index (χ4v) is 4.65.